The molecule has 1 aromatic carbocycles. The molecule has 10 N–H and O–H groups in total. The Balaban J connectivity index is 2.01. The van der Waals surface area contributed by atoms with Gasteiger partial charge in [0.05, 0.1) is 25.1 Å². The zero-order valence-electron chi connectivity index (χ0n) is 19.4. The van der Waals surface area contributed by atoms with Crippen molar-refractivity contribution in [2.24, 2.45) is 5.73 Å². The molecular weight excluding hydrogens is 476 g/mol. The molecule has 5 atom stereocenters. The number of aromatic nitrogens is 2. The molecule has 14 heteroatoms. The summed E-state index contributed by atoms with van der Waals surface area (Å²) in [5, 5.41) is 45.2. The van der Waals surface area contributed by atoms with Crippen LogP contribution in [0.4, 0.5) is 0 Å². The summed E-state index contributed by atoms with van der Waals surface area (Å²) in [6.45, 7) is 0.347. The van der Waals surface area contributed by atoms with Gasteiger partial charge in [-0.25, -0.2) is 9.78 Å². The first-order chi connectivity index (χ1) is 17.0. The standard InChI is InChI=1S/C22H30N6O8/c1-11(30)18(28-19(32)15(23)7-13-8-24-10-25-13)21(34)27-17(9-29)20(33)26-16(22(35)36)6-12-2-4-14(31)5-3-12/h2-5,8,10-11,15-18,29-31H,6-7,9,23H2,1H3,(H,24,25)(H,26,33)(H,27,34)(H,28,32)(H,35,36). The van der Waals surface area contributed by atoms with Crippen LogP contribution in [0.15, 0.2) is 36.8 Å². The number of carboxylic acids is 1. The molecule has 0 saturated carbocycles. The first-order valence-corrected chi connectivity index (χ1v) is 10.9. The Morgan fingerprint density at radius 1 is 1.00 bits per heavy atom. The molecule has 0 radical (unpaired) electrons. The number of carbonyl (C=O) groups is 4. The third-order valence-corrected chi connectivity index (χ3v) is 5.20. The summed E-state index contributed by atoms with van der Waals surface area (Å²) >= 11 is 0. The number of phenolic OH excluding ortho intramolecular Hbond substituents is 1. The maximum absolute atomic E-state index is 12.7. The number of H-pyrrole nitrogens is 1. The minimum absolute atomic E-state index is 0.0141. The predicted molar refractivity (Wildman–Crippen MR) is 124 cm³/mol. The second-order valence-electron chi connectivity index (χ2n) is 8.13. The second-order valence-corrected chi connectivity index (χ2v) is 8.13. The molecule has 0 fully saturated rings. The van der Waals surface area contributed by atoms with Gasteiger partial charge in [-0.05, 0) is 24.6 Å². The second kappa shape index (κ2) is 13.2. The SMILES string of the molecule is CC(O)C(NC(=O)C(N)Cc1cnc[nH]1)C(=O)NC(CO)C(=O)NC(Cc1ccc(O)cc1)C(=O)O. The molecule has 0 bridgehead atoms. The predicted octanol–water partition coefficient (Wildman–Crippen LogP) is -2.86. The van der Waals surface area contributed by atoms with E-state index in [9.17, 15) is 39.6 Å². The highest BCUT2D eigenvalue weighted by Crippen LogP contribution is 2.11. The van der Waals surface area contributed by atoms with Crippen LogP contribution in [-0.4, -0.2) is 91.0 Å². The van der Waals surface area contributed by atoms with Crippen molar-refractivity contribution in [1.29, 1.82) is 0 Å². The highest BCUT2D eigenvalue weighted by atomic mass is 16.4. The van der Waals surface area contributed by atoms with E-state index in [0.29, 0.717) is 11.3 Å². The van der Waals surface area contributed by atoms with Crippen molar-refractivity contribution >= 4 is 23.7 Å². The molecule has 0 saturated heterocycles. The number of aliphatic hydroxyl groups excluding tert-OH is 2. The lowest BCUT2D eigenvalue weighted by Gasteiger charge is -2.25. The van der Waals surface area contributed by atoms with Gasteiger partial charge in [0.2, 0.25) is 17.7 Å². The monoisotopic (exact) mass is 506 g/mol. The molecule has 1 heterocycles. The summed E-state index contributed by atoms with van der Waals surface area (Å²) in [7, 11) is 0. The molecule has 2 rings (SSSR count). The number of carbonyl (C=O) groups excluding carboxylic acids is 3. The number of aliphatic hydroxyl groups is 2. The summed E-state index contributed by atoms with van der Waals surface area (Å²) in [5.74, 6) is -4.12. The van der Waals surface area contributed by atoms with Crippen molar-refractivity contribution in [3.05, 3.63) is 48.0 Å². The Kier molecular flexibility index (Phi) is 10.3. The molecule has 0 aliphatic rings. The molecular formula is C22H30N6O8. The first kappa shape index (κ1) is 28.2. The topological polar surface area (TPSA) is 240 Å². The van der Waals surface area contributed by atoms with Gasteiger partial charge in [-0.3, -0.25) is 14.4 Å². The number of hydrogen-bond acceptors (Lipinski definition) is 9. The molecule has 0 spiro atoms. The number of aliphatic carboxylic acids is 1. The lowest BCUT2D eigenvalue weighted by Crippen LogP contribution is -2.60. The van der Waals surface area contributed by atoms with Crippen LogP contribution < -0.4 is 21.7 Å². The number of carboxylic acid groups (broad SMARTS) is 1. The average Bonchev–Trinajstić information content (AvgIpc) is 3.34. The van der Waals surface area contributed by atoms with Crippen molar-refractivity contribution < 1.29 is 39.6 Å². The Hall–Kier alpha value is -4.01. The Morgan fingerprint density at radius 3 is 2.17 bits per heavy atom. The van der Waals surface area contributed by atoms with Gasteiger partial charge in [-0.15, -0.1) is 0 Å². The van der Waals surface area contributed by atoms with E-state index in [2.05, 4.69) is 25.9 Å². The minimum Gasteiger partial charge on any atom is -0.508 e. The number of nitrogens with one attached hydrogen (secondary N) is 4. The third-order valence-electron chi connectivity index (χ3n) is 5.20. The maximum Gasteiger partial charge on any atom is 0.326 e. The van der Waals surface area contributed by atoms with E-state index in [0.717, 1.165) is 0 Å². The van der Waals surface area contributed by atoms with Crippen molar-refractivity contribution in [3.8, 4) is 5.75 Å². The van der Waals surface area contributed by atoms with Gasteiger partial charge in [0, 0.05) is 24.7 Å². The third kappa shape index (κ3) is 8.33. The summed E-state index contributed by atoms with van der Waals surface area (Å²) < 4.78 is 0. The summed E-state index contributed by atoms with van der Waals surface area (Å²) in [5.41, 5.74) is 6.93. The first-order valence-electron chi connectivity index (χ1n) is 10.9. The molecule has 0 aliphatic carbocycles. The number of benzene rings is 1. The Morgan fingerprint density at radius 2 is 1.64 bits per heavy atom. The fraction of sp³-hybridized carbons (Fsp3) is 0.409. The van der Waals surface area contributed by atoms with E-state index < -0.39 is 60.6 Å². The van der Waals surface area contributed by atoms with Gasteiger partial charge in [-0.1, -0.05) is 12.1 Å². The van der Waals surface area contributed by atoms with Crippen molar-refractivity contribution in [3.63, 3.8) is 0 Å². The number of imidazole rings is 1. The number of aromatic amines is 1. The van der Waals surface area contributed by atoms with Gasteiger partial charge in [0.15, 0.2) is 0 Å². The highest BCUT2D eigenvalue weighted by molar-refractivity contribution is 5.94. The van der Waals surface area contributed by atoms with Crippen LogP contribution in [0.3, 0.4) is 0 Å². The Labute approximate surface area is 205 Å². The smallest absolute Gasteiger partial charge is 0.326 e. The summed E-state index contributed by atoms with van der Waals surface area (Å²) in [4.78, 5) is 55.9. The zero-order chi connectivity index (χ0) is 26.8. The van der Waals surface area contributed by atoms with Crippen LogP contribution in [0.5, 0.6) is 5.75 Å². The van der Waals surface area contributed by atoms with Gasteiger partial charge >= 0.3 is 5.97 Å². The quantitative estimate of drug-likeness (QED) is 0.135. The molecule has 1 aromatic heterocycles. The van der Waals surface area contributed by atoms with Crippen LogP contribution in [-0.2, 0) is 32.0 Å². The van der Waals surface area contributed by atoms with Gasteiger partial charge in [0.25, 0.3) is 0 Å². The zero-order valence-corrected chi connectivity index (χ0v) is 19.4. The molecule has 14 nitrogen and oxygen atoms in total. The molecule has 0 aliphatic heterocycles. The van der Waals surface area contributed by atoms with Crippen molar-refractivity contribution in [2.75, 3.05) is 6.61 Å². The van der Waals surface area contributed by atoms with E-state index in [-0.39, 0.29) is 18.6 Å². The van der Waals surface area contributed by atoms with Gasteiger partial charge in [0.1, 0.15) is 23.9 Å². The fourth-order valence-electron chi connectivity index (χ4n) is 3.19. The number of amides is 3. The average molecular weight is 507 g/mol. The number of phenols is 1. The van der Waals surface area contributed by atoms with Crippen LogP contribution >= 0.6 is 0 Å². The van der Waals surface area contributed by atoms with Gasteiger partial charge < -0.3 is 47.1 Å². The van der Waals surface area contributed by atoms with Gasteiger partial charge in [-0.2, -0.15) is 0 Å². The normalized spacial score (nSPS) is 15.1. The van der Waals surface area contributed by atoms with E-state index in [1.54, 1.807) is 0 Å². The van der Waals surface area contributed by atoms with Crippen molar-refractivity contribution in [1.82, 2.24) is 25.9 Å². The van der Waals surface area contributed by atoms with E-state index in [4.69, 9.17) is 5.73 Å². The number of nitrogens with two attached hydrogens (primary N) is 1. The summed E-state index contributed by atoms with van der Waals surface area (Å²) in [6, 6.07) is 0.116. The number of hydrogen-bond donors (Lipinski definition) is 9. The molecule has 2 aromatic rings. The van der Waals surface area contributed by atoms with Crippen LogP contribution in [0.1, 0.15) is 18.2 Å². The lowest BCUT2D eigenvalue weighted by atomic mass is 10.1. The number of aromatic hydroxyl groups is 1. The molecule has 3 amide bonds. The molecule has 196 valence electrons. The number of nitrogens with zero attached hydrogens (tertiary/aromatic N) is 1. The molecule has 5 unspecified atom stereocenters. The van der Waals surface area contributed by atoms with Crippen LogP contribution in [0.25, 0.3) is 0 Å². The largest absolute Gasteiger partial charge is 0.508 e. The van der Waals surface area contributed by atoms with Crippen LogP contribution in [0, 0.1) is 0 Å². The Bertz CT molecular complexity index is 1030. The highest BCUT2D eigenvalue weighted by Gasteiger charge is 2.32. The van der Waals surface area contributed by atoms with E-state index >= 15 is 0 Å². The maximum atomic E-state index is 12.7. The van der Waals surface area contributed by atoms with E-state index in [1.807, 2.05) is 0 Å². The van der Waals surface area contributed by atoms with E-state index in [1.165, 1.54) is 43.7 Å². The fourth-order valence-corrected chi connectivity index (χ4v) is 3.19. The van der Waals surface area contributed by atoms with Crippen LogP contribution in [0.2, 0.25) is 0 Å². The summed E-state index contributed by atoms with van der Waals surface area (Å²) in [6.07, 6.45) is 1.44. The lowest BCUT2D eigenvalue weighted by molar-refractivity contribution is -0.142. The number of rotatable bonds is 13. The minimum atomic E-state index is -1.57. The molecule has 36 heavy (non-hydrogen) atoms. The van der Waals surface area contributed by atoms with Crippen molar-refractivity contribution in [2.45, 2.75) is 50.0 Å².